The number of nitrogens with zero attached hydrogens (tertiary/aromatic N) is 1. The van der Waals surface area contributed by atoms with Crippen molar-refractivity contribution in [2.24, 2.45) is 5.92 Å². The molecule has 3 heteroatoms. The summed E-state index contributed by atoms with van der Waals surface area (Å²) in [6.45, 7) is 5.01. The van der Waals surface area contributed by atoms with Crippen LogP contribution in [0.5, 0.6) is 0 Å². The first-order chi connectivity index (χ1) is 10.7. The van der Waals surface area contributed by atoms with Gasteiger partial charge in [-0.15, -0.1) is 11.3 Å². The van der Waals surface area contributed by atoms with Gasteiger partial charge < -0.3 is 4.90 Å². The summed E-state index contributed by atoms with van der Waals surface area (Å²) in [5.74, 6) is 0.571. The normalized spacial score (nSPS) is 16.1. The minimum atomic E-state index is 0.121. The Labute approximate surface area is 136 Å². The van der Waals surface area contributed by atoms with Crippen molar-refractivity contribution < 1.29 is 4.79 Å². The molecule has 1 aromatic heterocycles. The molecule has 2 nitrogen and oxygen atoms in total. The topological polar surface area (TPSA) is 20.3 Å². The maximum Gasteiger partial charge on any atom is 0.226 e. The largest absolute Gasteiger partial charge is 0.331 e. The highest BCUT2D eigenvalue weighted by molar-refractivity contribution is 7.10. The van der Waals surface area contributed by atoms with E-state index in [0.717, 1.165) is 19.4 Å². The molecular formula is C19H23NOS. The van der Waals surface area contributed by atoms with Crippen LogP contribution >= 0.6 is 11.3 Å². The second-order valence-electron chi connectivity index (χ2n) is 6.21. The van der Waals surface area contributed by atoms with Crippen molar-refractivity contribution in [2.75, 3.05) is 0 Å². The van der Waals surface area contributed by atoms with Gasteiger partial charge in [-0.3, -0.25) is 4.79 Å². The van der Waals surface area contributed by atoms with Crippen LogP contribution in [0.1, 0.15) is 48.2 Å². The van der Waals surface area contributed by atoms with Crippen LogP contribution in [-0.4, -0.2) is 10.8 Å². The summed E-state index contributed by atoms with van der Waals surface area (Å²) in [5, 5.41) is 2.11. The number of aryl methyl sites for hydroxylation is 1. The molecule has 0 N–H and O–H groups in total. The molecule has 1 aliphatic rings. The SMILES string of the molecule is Cc1ccsc1CN(C(=O)C1CCC1)C(C)c1ccccc1. The average Bonchev–Trinajstić information content (AvgIpc) is 2.88. The molecule has 22 heavy (non-hydrogen) atoms. The summed E-state index contributed by atoms with van der Waals surface area (Å²) in [4.78, 5) is 16.3. The van der Waals surface area contributed by atoms with Gasteiger partial charge in [0.05, 0.1) is 12.6 Å². The molecule has 3 rings (SSSR count). The number of hydrogen-bond donors (Lipinski definition) is 0. The first-order valence-electron chi connectivity index (χ1n) is 8.05. The Bertz CT molecular complexity index is 630. The fourth-order valence-electron chi connectivity index (χ4n) is 2.93. The summed E-state index contributed by atoms with van der Waals surface area (Å²) >= 11 is 1.75. The number of carbonyl (C=O) groups excluding carboxylic acids is 1. The predicted molar refractivity (Wildman–Crippen MR) is 91.8 cm³/mol. The average molecular weight is 313 g/mol. The van der Waals surface area contributed by atoms with E-state index in [1.165, 1.54) is 22.4 Å². The van der Waals surface area contributed by atoms with Gasteiger partial charge in [0.1, 0.15) is 0 Å². The maximum absolute atomic E-state index is 12.9. The maximum atomic E-state index is 12.9. The lowest BCUT2D eigenvalue weighted by Gasteiger charge is -2.35. The monoisotopic (exact) mass is 313 g/mol. The molecule has 0 radical (unpaired) electrons. The van der Waals surface area contributed by atoms with Crippen LogP contribution in [-0.2, 0) is 11.3 Å². The van der Waals surface area contributed by atoms with Crippen LogP contribution in [0, 0.1) is 12.8 Å². The van der Waals surface area contributed by atoms with Gasteiger partial charge >= 0.3 is 0 Å². The molecule has 1 aromatic carbocycles. The minimum absolute atomic E-state index is 0.121. The number of rotatable bonds is 5. The van der Waals surface area contributed by atoms with E-state index >= 15 is 0 Å². The van der Waals surface area contributed by atoms with Crippen molar-refractivity contribution in [3.63, 3.8) is 0 Å². The Hall–Kier alpha value is -1.61. The summed E-state index contributed by atoms with van der Waals surface area (Å²) in [5.41, 5.74) is 2.50. The van der Waals surface area contributed by atoms with Gasteiger partial charge in [-0.25, -0.2) is 0 Å². The van der Waals surface area contributed by atoms with E-state index in [1.54, 1.807) is 11.3 Å². The van der Waals surface area contributed by atoms with Crippen molar-refractivity contribution in [1.82, 2.24) is 4.90 Å². The number of hydrogen-bond acceptors (Lipinski definition) is 2. The quantitative estimate of drug-likeness (QED) is 0.765. The molecule has 0 saturated heterocycles. The molecular weight excluding hydrogens is 290 g/mol. The summed E-state index contributed by atoms with van der Waals surface area (Å²) in [6.07, 6.45) is 3.31. The van der Waals surface area contributed by atoms with Gasteiger partial charge in [-0.05, 0) is 49.3 Å². The van der Waals surface area contributed by atoms with Gasteiger partial charge in [-0.2, -0.15) is 0 Å². The van der Waals surface area contributed by atoms with E-state index in [0.29, 0.717) is 5.91 Å². The van der Waals surface area contributed by atoms with Gasteiger partial charge in [0.2, 0.25) is 5.91 Å². The van der Waals surface area contributed by atoms with E-state index in [1.807, 2.05) is 18.2 Å². The molecule has 0 aliphatic heterocycles. The summed E-state index contributed by atoms with van der Waals surface area (Å²) in [6, 6.07) is 12.6. The van der Waals surface area contributed by atoms with E-state index in [2.05, 4.69) is 42.3 Å². The molecule has 0 bridgehead atoms. The van der Waals surface area contributed by atoms with Crippen LogP contribution < -0.4 is 0 Å². The zero-order valence-corrected chi connectivity index (χ0v) is 14.1. The molecule has 1 amide bonds. The number of carbonyl (C=O) groups is 1. The van der Waals surface area contributed by atoms with E-state index in [4.69, 9.17) is 0 Å². The smallest absolute Gasteiger partial charge is 0.226 e. The zero-order chi connectivity index (χ0) is 15.5. The first kappa shape index (κ1) is 15.3. The van der Waals surface area contributed by atoms with Crippen molar-refractivity contribution in [3.05, 3.63) is 57.8 Å². The fourth-order valence-corrected chi connectivity index (χ4v) is 3.83. The second-order valence-corrected chi connectivity index (χ2v) is 7.21. The second kappa shape index (κ2) is 6.66. The third-order valence-electron chi connectivity index (χ3n) is 4.77. The van der Waals surface area contributed by atoms with Gasteiger partial charge in [0, 0.05) is 10.8 Å². The molecule has 116 valence electrons. The van der Waals surface area contributed by atoms with Crippen LogP contribution in [0.15, 0.2) is 41.8 Å². The van der Waals surface area contributed by atoms with Crippen molar-refractivity contribution >= 4 is 17.2 Å². The molecule has 1 atom stereocenters. The molecule has 1 unspecified atom stereocenters. The molecule has 1 fully saturated rings. The highest BCUT2D eigenvalue weighted by atomic mass is 32.1. The van der Waals surface area contributed by atoms with Gasteiger partial charge in [0.25, 0.3) is 0 Å². The van der Waals surface area contributed by atoms with Crippen LogP contribution in [0.4, 0.5) is 0 Å². The van der Waals surface area contributed by atoms with Crippen molar-refractivity contribution in [3.8, 4) is 0 Å². The summed E-state index contributed by atoms with van der Waals surface area (Å²) in [7, 11) is 0. The summed E-state index contributed by atoms with van der Waals surface area (Å²) < 4.78 is 0. The van der Waals surface area contributed by atoms with E-state index in [9.17, 15) is 4.79 Å². The Morgan fingerprint density at radius 2 is 2.00 bits per heavy atom. The molecule has 2 aromatic rings. The van der Waals surface area contributed by atoms with E-state index in [-0.39, 0.29) is 12.0 Å². The lowest BCUT2D eigenvalue weighted by Crippen LogP contribution is -2.40. The van der Waals surface area contributed by atoms with Crippen molar-refractivity contribution in [2.45, 2.75) is 45.7 Å². The number of benzene rings is 1. The standard InChI is InChI=1S/C19H23NOS/c1-14-11-12-22-18(14)13-20(19(21)17-9-6-10-17)15(2)16-7-4-3-5-8-16/h3-5,7-8,11-12,15,17H,6,9-10,13H2,1-2H3. The van der Waals surface area contributed by atoms with Gasteiger partial charge in [0.15, 0.2) is 0 Å². The molecule has 1 aliphatic carbocycles. The molecule has 1 heterocycles. The third kappa shape index (κ3) is 3.09. The Morgan fingerprint density at radius 3 is 2.55 bits per heavy atom. The highest BCUT2D eigenvalue weighted by Crippen LogP contribution is 2.33. The Kier molecular flexibility index (Phi) is 4.63. The first-order valence-corrected chi connectivity index (χ1v) is 8.93. The third-order valence-corrected chi connectivity index (χ3v) is 5.78. The van der Waals surface area contributed by atoms with Crippen LogP contribution in [0.2, 0.25) is 0 Å². The lowest BCUT2D eigenvalue weighted by atomic mass is 9.84. The van der Waals surface area contributed by atoms with Crippen molar-refractivity contribution in [1.29, 1.82) is 0 Å². The Morgan fingerprint density at radius 1 is 1.27 bits per heavy atom. The zero-order valence-electron chi connectivity index (χ0n) is 13.3. The predicted octanol–water partition coefficient (Wildman–Crippen LogP) is 4.95. The number of thiophene rings is 1. The van der Waals surface area contributed by atoms with E-state index < -0.39 is 0 Å². The Balaban J connectivity index is 1.85. The van der Waals surface area contributed by atoms with Gasteiger partial charge in [-0.1, -0.05) is 36.8 Å². The fraction of sp³-hybridized carbons (Fsp3) is 0.421. The lowest BCUT2D eigenvalue weighted by molar-refractivity contribution is -0.141. The molecule has 1 saturated carbocycles. The molecule has 0 spiro atoms. The minimum Gasteiger partial charge on any atom is -0.331 e. The van der Waals surface area contributed by atoms with Crippen LogP contribution in [0.3, 0.4) is 0 Å². The highest BCUT2D eigenvalue weighted by Gasteiger charge is 2.32. The number of amides is 1. The van der Waals surface area contributed by atoms with Crippen LogP contribution in [0.25, 0.3) is 0 Å².